The van der Waals surface area contributed by atoms with Crippen LogP contribution in [0.2, 0.25) is 0 Å². The van der Waals surface area contributed by atoms with Gasteiger partial charge in [-0.2, -0.15) is 92.2 Å². The molecule has 24 heteroatoms. The van der Waals surface area contributed by atoms with Gasteiger partial charge in [-0.25, -0.2) is 4.39 Å². The number of allylic oxidation sites excluding steroid dienone is 1. The third-order valence-corrected chi connectivity index (χ3v) is 5.10. The molecule has 0 spiro atoms. The van der Waals surface area contributed by atoms with E-state index in [4.69, 9.17) is 0 Å². The molecule has 216 valence electrons. The van der Waals surface area contributed by atoms with Crippen LogP contribution in [-0.4, -0.2) is 57.2 Å². The molecule has 0 saturated heterocycles. The Balaban J connectivity index is 7.21. The summed E-state index contributed by atoms with van der Waals surface area (Å²) in [5.74, 6) is -82.4. The first-order valence-electron chi connectivity index (χ1n) is 7.29. The molecule has 0 atom stereocenters. The van der Waals surface area contributed by atoms with Crippen LogP contribution in [0.3, 0.4) is 0 Å². The number of rotatable bonds is 10. The highest BCUT2D eigenvalue weighted by atomic mass is 127. The maximum Gasteiger partial charge on any atom is 0.387 e. The van der Waals surface area contributed by atoms with Crippen LogP contribution in [0.1, 0.15) is 0 Å². The SMILES string of the molecule is FC(I)=C(F)C(F)(F)C(F)(F)C(F)(F)C(F)(F)C(F)(F)C(F)(F)C(F)(F)C(F)(F)C(F)(F)C(F)(F)I. The lowest BCUT2D eigenvalue weighted by atomic mass is 9.86. The van der Waals surface area contributed by atoms with E-state index in [0.29, 0.717) is 0 Å². The van der Waals surface area contributed by atoms with Crippen LogP contribution in [0, 0.1) is 0 Å². The largest absolute Gasteiger partial charge is 0.387 e. The summed E-state index contributed by atoms with van der Waals surface area (Å²) in [6, 6.07) is 0. The van der Waals surface area contributed by atoms with Gasteiger partial charge in [-0.05, 0) is 22.6 Å². The third-order valence-electron chi connectivity index (χ3n) is 3.95. The Bertz CT molecular complexity index is 859. The molecule has 0 rings (SSSR count). The Kier molecular flexibility index (Phi) is 9.02. The molecule has 0 saturated carbocycles. The summed E-state index contributed by atoms with van der Waals surface area (Å²) in [6.07, 6.45) is 0. The Morgan fingerprint density at radius 3 is 0.750 bits per heavy atom. The van der Waals surface area contributed by atoms with E-state index in [1.54, 1.807) is 0 Å². The molecule has 0 aliphatic rings. The molecule has 0 aromatic heterocycles. The highest BCUT2D eigenvalue weighted by Crippen LogP contribution is 2.67. The molecule has 0 radical (unpaired) electrons. The monoisotopic (exact) mass is 816 g/mol. The van der Waals surface area contributed by atoms with Crippen LogP contribution in [0.4, 0.5) is 96.6 Å². The van der Waals surface area contributed by atoms with Crippen LogP contribution < -0.4 is 0 Å². The summed E-state index contributed by atoms with van der Waals surface area (Å²) in [5, 5.41) is 0. The van der Waals surface area contributed by atoms with Crippen molar-refractivity contribution in [2.24, 2.45) is 0 Å². The van der Waals surface area contributed by atoms with E-state index in [2.05, 4.69) is 0 Å². The third kappa shape index (κ3) is 4.37. The van der Waals surface area contributed by atoms with Crippen molar-refractivity contribution in [3.05, 3.63) is 9.66 Å². The zero-order chi connectivity index (χ0) is 30.2. The van der Waals surface area contributed by atoms with Crippen molar-refractivity contribution in [3.63, 3.8) is 0 Å². The highest BCUT2D eigenvalue weighted by molar-refractivity contribution is 14.1. The van der Waals surface area contributed by atoms with Crippen LogP contribution in [-0.2, 0) is 0 Å². The summed E-state index contributed by atoms with van der Waals surface area (Å²) in [6.45, 7) is 0. The first-order valence-corrected chi connectivity index (χ1v) is 9.44. The molecule has 0 aliphatic heterocycles. The second kappa shape index (κ2) is 9.11. The number of hydrogen-bond acceptors (Lipinski definition) is 0. The van der Waals surface area contributed by atoms with Crippen LogP contribution in [0.15, 0.2) is 9.66 Å². The topological polar surface area (TPSA) is 0 Å². The molecule has 0 bridgehead atoms. The van der Waals surface area contributed by atoms with Gasteiger partial charge in [-0.15, -0.1) is 0 Å². The Morgan fingerprint density at radius 1 is 0.361 bits per heavy atom. The predicted molar refractivity (Wildman–Crippen MR) is 86.8 cm³/mol. The van der Waals surface area contributed by atoms with Gasteiger partial charge < -0.3 is 0 Å². The van der Waals surface area contributed by atoms with Gasteiger partial charge in [-0.1, -0.05) is 0 Å². The average molecular weight is 816 g/mol. The fourth-order valence-electron chi connectivity index (χ4n) is 1.81. The van der Waals surface area contributed by atoms with E-state index in [1.165, 1.54) is 0 Å². The summed E-state index contributed by atoms with van der Waals surface area (Å²) >= 11 is -1.50. The summed E-state index contributed by atoms with van der Waals surface area (Å²) in [4.78, 5) is 0. The first kappa shape index (κ1) is 35.7. The second-order valence-corrected chi connectivity index (χ2v) is 8.54. The molecule has 0 fully saturated rings. The van der Waals surface area contributed by atoms with Crippen molar-refractivity contribution in [2.75, 3.05) is 0 Å². The van der Waals surface area contributed by atoms with E-state index >= 15 is 0 Å². The molecule has 0 N–H and O–H groups in total. The van der Waals surface area contributed by atoms with Gasteiger partial charge in [-0.3, -0.25) is 0 Å². The van der Waals surface area contributed by atoms with E-state index in [0.717, 1.165) is 0 Å². The van der Waals surface area contributed by atoms with Crippen molar-refractivity contribution in [3.8, 4) is 0 Å². The lowest BCUT2D eigenvalue weighted by molar-refractivity contribution is -0.464. The van der Waals surface area contributed by atoms with E-state index in [9.17, 15) is 96.6 Å². The van der Waals surface area contributed by atoms with Gasteiger partial charge in [0.2, 0.25) is 5.83 Å². The van der Waals surface area contributed by atoms with Crippen molar-refractivity contribution < 1.29 is 96.6 Å². The zero-order valence-corrected chi connectivity index (χ0v) is 19.4. The number of halogens is 24. The Labute approximate surface area is 208 Å². The van der Waals surface area contributed by atoms with Gasteiger partial charge >= 0.3 is 57.2 Å². The molecule has 0 aliphatic carbocycles. The van der Waals surface area contributed by atoms with E-state index < -0.39 is 89.5 Å². The summed E-state index contributed by atoms with van der Waals surface area (Å²) in [7, 11) is 0. The molecule has 0 aromatic carbocycles. The molecule has 0 heterocycles. The normalized spacial score (nSPS) is 17.3. The van der Waals surface area contributed by atoms with Gasteiger partial charge in [0.1, 0.15) is 0 Å². The first-order chi connectivity index (χ1) is 15.1. The van der Waals surface area contributed by atoms with Crippen molar-refractivity contribution in [2.45, 2.75) is 57.2 Å². The van der Waals surface area contributed by atoms with Gasteiger partial charge in [0.15, 0.2) is 3.83 Å². The minimum Gasteiger partial charge on any atom is -0.201 e. The van der Waals surface area contributed by atoms with Gasteiger partial charge in [0.05, 0.1) is 0 Å². The van der Waals surface area contributed by atoms with Crippen molar-refractivity contribution in [1.82, 2.24) is 0 Å². The van der Waals surface area contributed by atoms with Crippen LogP contribution in [0.5, 0.6) is 0 Å². The lowest BCUT2D eigenvalue weighted by Crippen LogP contribution is -2.76. The molecule has 0 nitrogen and oxygen atoms in total. The van der Waals surface area contributed by atoms with Crippen molar-refractivity contribution in [1.29, 1.82) is 0 Å². The molecule has 0 unspecified atom stereocenters. The molecular formula is C12F22I2. The second-order valence-electron chi connectivity index (χ2n) is 6.24. The highest BCUT2D eigenvalue weighted by Gasteiger charge is 2.97. The number of alkyl halides is 21. The van der Waals surface area contributed by atoms with Crippen LogP contribution in [0.25, 0.3) is 0 Å². The quantitative estimate of drug-likeness (QED) is 0.117. The fraction of sp³-hybridized carbons (Fsp3) is 0.833. The fourth-order valence-corrected chi connectivity index (χ4v) is 2.49. The summed E-state index contributed by atoms with van der Waals surface area (Å²) < 4.78 is 280. The van der Waals surface area contributed by atoms with E-state index in [1.807, 2.05) is 0 Å². The summed E-state index contributed by atoms with van der Waals surface area (Å²) in [5.41, 5.74) is 0. The Hall–Kier alpha value is -0.340. The number of hydrogen-bond donors (Lipinski definition) is 0. The molecule has 0 amide bonds. The van der Waals surface area contributed by atoms with Crippen LogP contribution >= 0.6 is 45.2 Å². The lowest BCUT2D eigenvalue weighted by Gasteiger charge is -2.44. The standard InChI is InChI=1S/C12F22I2/c13-1(2(14)35)3(15,16)4(17,18)5(19,20)6(21,22)7(23,24)8(25,26)9(27,28)10(29,30)11(31,32)12(33,34)36. The Morgan fingerprint density at radius 2 is 0.556 bits per heavy atom. The minimum absolute atomic E-state index is 0.347. The molecule has 36 heavy (non-hydrogen) atoms. The predicted octanol–water partition coefficient (Wildman–Crippen LogP) is 9.28. The van der Waals surface area contributed by atoms with E-state index in [-0.39, 0.29) is 22.6 Å². The average Bonchev–Trinajstić information content (AvgIpc) is 2.64. The zero-order valence-electron chi connectivity index (χ0n) is 15.1. The molecular weight excluding hydrogens is 816 g/mol. The van der Waals surface area contributed by atoms with Gasteiger partial charge in [0, 0.05) is 22.6 Å². The van der Waals surface area contributed by atoms with Gasteiger partial charge in [0.25, 0.3) is 0 Å². The maximum atomic E-state index is 13.5. The van der Waals surface area contributed by atoms with Crippen molar-refractivity contribution >= 4 is 45.2 Å². The minimum atomic E-state index is -9.21. The molecule has 0 aromatic rings. The smallest absolute Gasteiger partial charge is 0.201 e. The maximum absolute atomic E-state index is 13.5.